The molecule has 0 radical (unpaired) electrons. The predicted octanol–water partition coefficient (Wildman–Crippen LogP) is -4.08. The molecule has 1 rings (SSSR count). The standard InChI is InChI=1S/C24H41N9O9/c1-12(30-20(38)14(25)7-8-18(35)36)19(37)29-11-17(34)33-10-4-6-16(33)22(40)32-15(5-3-9-28-24(26)27)21(39)31-13(2)23(41)42/h12-16H,3-11,25H2,1-2H3,(H,29,37)(H,30,38)(H,31,39)(H,32,40)(H,35,36)(H,41,42)(H4,26,27,28)/t12-,13-,14-,15-,16-/m0/s1. The van der Waals surface area contributed by atoms with E-state index in [0.717, 1.165) is 0 Å². The van der Waals surface area contributed by atoms with Gasteiger partial charge < -0.3 is 53.6 Å². The van der Waals surface area contributed by atoms with Crippen molar-refractivity contribution in [3.05, 3.63) is 0 Å². The van der Waals surface area contributed by atoms with Crippen molar-refractivity contribution in [1.82, 2.24) is 26.2 Å². The van der Waals surface area contributed by atoms with E-state index < -0.39 is 78.2 Å². The van der Waals surface area contributed by atoms with Gasteiger partial charge in [-0.05, 0) is 46.0 Å². The molecule has 0 aromatic carbocycles. The number of nitrogens with two attached hydrogens (primary N) is 3. The van der Waals surface area contributed by atoms with E-state index in [2.05, 4.69) is 26.3 Å². The smallest absolute Gasteiger partial charge is 0.325 e. The molecule has 5 amide bonds. The third-order valence-electron chi connectivity index (χ3n) is 6.36. The van der Waals surface area contributed by atoms with E-state index in [4.69, 9.17) is 27.4 Å². The van der Waals surface area contributed by atoms with E-state index in [1.54, 1.807) is 0 Å². The molecule has 1 aliphatic rings. The second-order valence-electron chi connectivity index (χ2n) is 9.81. The normalized spacial score (nSPS) is 17.1. The van der Waals surface area contributed by atoms with Crippen LogP contribution in [0.25, 0.3) is 0 Å². The van der Waals surface area contributed by atoms with Crippen LogP contribution in [0.4, 0.5) is 0 Å². The highest BCUT2D eigenvalue weighted by Crippen LogP contribution is 2.18. The number of hydrogen-bond acceptors (Lipinski definition) is 9. The molecular formula is C24H41N9O9. The number of nitrogens with zero attached hydrogens (tertiary/aromatic N) is 2. The molecule has 0 aromatic rings. The maximum Gasteiger partial charge on any atom is 0.325 e. The number of carboxylic acids is 2. The molecule has 1 aliphatic heterocycles. The summed E-state index contributed by atoms with van der Waals surface area (Å²) < 4.78 is 0. The molecule has 0 unspecified atom stereocenters. The third kappa shape index (κ3) is 12.4. The first-order valence-corrected chi connectivity index (χ1v) is 13.4. The van der Waals surface area contributed by atoms with E-state index in [0.29, 0.717) is 12.8 Å². The second-order valence-corrected chi connectivity index (χ2v) is 9.81. The minimum absolute atomic E-state index is 0.0843. The molecular weight excluding hydrogens is 558 g/mol. The predicted molar refractivity (Wildman–Crippen MR) is 147 cm³/mol. The van der Waals surface area contributed by atoms with Crippen LogP contribution in [0.5, 0.6) is 0 Å². The summed E-state index contributed by atoms with van der Waals surface area (Å²) in [5, 5.41) is 27.4. The minimum Gasteiger partial charge on any atom is -0.481 e. The highest BCUT2D eigenvalue weighted by molar-refractivity contribution is 5.95. The zero-order valence-corrected chi connectivity index (χ0v) is 23.6. The first-order valence-electron chi connectivity index (χ1n) is 13.4. The van der Waals surface area contributed by atoms with Crippen LogP contribution in [0.3, 0.4) is 0 Å². The zero-order chi connectivity index (χ0) is 32.0. The molecule has 0 aliphatic carbocycles. The van der Waals surface area contributed by atoms with Gasteiger partial charge in [0.2, 0.25) is 29.5 Å². The van der Waals surface area contributed by atoms with Crippen LogP contribution in [0.2, 0.25) is 0 Å². The molecule has 0 bridgehead atoms. The molecule has 1 saturated heterocycles. The summed E-state index contributed by atoms with van der Waals surface area (Å²) in [4.78, 5) is 90.0. The van der Waals surface area contributed by atoms with E-state index >= 15 is 0 Å². The molecule has 0 saturated carbocycles. The van der Waals surface area contributed by atoms with Crippen LogP contribution >= 0.6 is 0 Å². The molecule has 5 atom stereocenters. The largest absolute Gasteiger partial charge is 0.481 e. The zero-order valence-electron chi connectivity index (χ0n) is 23.6. The fourth-order valence-corrected chi connectivity index (χ4v) is 3.97. The number of carboxylic acid groups (broad SMARTS) is 2. The third-order valence-corrected chi connectivity index (χ3v) is 6.36. The number of nitrogens with one attached hydrogen (secondary N) is 4. The Morgan fingerprint density at radius 3 is 2.17 bits per heavy atom. The molecule has 18 heteroatoms. The van der Waals surface area contributed by atoms with Crippen molar-refractivity contribution < 1.29 is 43.8 Å². The quantitative estimate of drug-likeness (QED) is 0.0438. The van der Waals surface area contributed by atoms with Crippen molar-refractivity contribution in [3.8, 4) is 0 Å². The number of guanidine groups is 1. The highest BCUT2D eigenvalue weighted by Gasteiger charge is 2.36. The molecule has 1 fully saturated rings. The highest BCUT2D eigenvalue weighted by atomic mass is 16.4. The van der Waals surface area contributed by atoms with Gasteiger partial charge in [-0.15, -0.1) is 0 Å². The van der Waals surface area contributed by atoms with Crippen molar-refractivity contribution in [2.24, 2.45) is 22.2 Å². The summed E-state index contributed by atoms with van der Waals surface area (Å²) in [6.45, 7) is 2.53. The number of aliphatic carboxylic acids is 2. The van der Waals surface area contributed by atoms with Crippen molar-refractivity contribution in [2.75, 3.05) is 19.6 Å². The molecule has 18 nitrogen and oxygen atoms in total. The van der Waals surface area contributed by atoms with Gasteiger partial charge in [0.25, 0.3) is 0 Å². The van der Waals surface area contributed by atoms with Gasteiger partial charge in [-0.1, -0.05) is 0 Å². The van der Waals surface area contributed by atoms with Gasteiger partial charge in [0.15, 0.2) is 5.96 Å². The Morgan fingerprint density at radius 2 is 1.57 bits per heavy atom. The summed E-state index contributed by atoms with van der Waals surface area (Å²) in [6, 6.07) is -5.49. The average molecular weight is 600 g/mol. The van der Waals surface area contributed by atoms with Crippen LogP contribution in [0.15, 0.2) is 4.99 Å². The Balaban J connectivity index is 2.75. The number of rotatable bonds is 17. The Hall–Kier alpha value is -4.48. The monoisotopic (exact) mass is 599 g/mol. The molecule has 0 aromatic heterocycles. The number of carbonyl (C=O) groups excluding carboxylic acids is 5. The number of likely N-dealkylation sites (tertiary alicyclic amines) is 1. The van der Waals surface area contributed by atoms with Crippen LogP contribution in [0.1, 0.15) is 52.4 Å². The molecule has 12 N–H and O–H groups in total. The van der Waals surface area contributed by atoms with E-state index in [1.807, 2.05) is 0 Å². The summed E-state index contributed by atoms with van der Waals surface area (Å²) in [6.07, 6.45) is 0.704. The molecule has 1 heterocycles. The van der Waals surface area contributed by atoms with Crippen LogP contribution in [0, 0.1) is 0 Å². The van der Waals surface area contributed by atoms with Crippen LogP contribution < -0.4 is 38.5 Å². The number of aliphatic imine (C=N–C) groups is 1. The topological polar surface area (TPSA) is 302 Å². The van der Waals surface area contributed by atoms with Crippen LogP contribution in [-0.4, -0.2) is 112 Å². The lowest BCUT2D eigenvalue weighted by molar-refractivity contribution is -0.142. The Kier molecular flexibility index (Phi) is 14.7. The SMILES string of the molecule is C[C@H](NC(=O)[C@H](CCCN=C(N)N)NC(=O)[C@@H]1CCCN1C(=O)CNC(=O)[C@H](C)NC(=O)[C@@H](N)CCC(=O)O)C(=O)O. The molecule has 42 heavy (non-hydrogen) atoms. The van der Waals surface area contributed by atoms with Crippen LogP contribution in [-0.2, 0) is 33.6 Å². The molecule has 0 spiro atoms. The average Bonchev–Trinajstić information content (AvgIpc) is 3.41. The maximum atomic E-state index is 13.1. The lowest BCUT2D eigenvalue weighted by Gasteiger charge is -2.27. The second kappa shape index (κ2) is 17.4. The Labute approximate surface area is 242 Å². The fourth-order valence-electron chi connectivity index (χ4n) is 3.97. The fraction of sp³-hybridized carbons (Fsp3) is 0.667. The number of hydrogen-bond donors (Lipinski definition) is 9. The summed E-state index contributed by atoms with van der Waals surface area (Å²) in [5.74, 6) is -5.90. The Bertz CT molecular complexity index is 1050. The minimum atomic E-state index is -1.27. The van der Waals surface area contributed by atoms with Gasteiger partial charge in [0.1, 0.15) is 24.2 Å². The number of carbonyl (C=O) groups is 7. The summed E-state index contributed by atoms with van der Waals surface area (Å²) in [7, 11) is 0. The summed E-state index contributed by atoms with van der Waals surface area (Å²) >= 11 is 0. The van der Waals surface area contributed by atoms with Gasteiger partial charge in [-0.3, -0.25) is 38.6 Å². The molecule has 236 valence electrons. The maximum absolute atomic E-state index is 13.1. The van der Waals surface area contributed by atoms with E-state index in [9.17, 15) is 33.6 Å². The van der Waals surface area contributed by atoms with E-state index in [1.165, 1.54) is 18.7 Å². The van der Waals surface area contributed by atoms with Crippen molar-refractivity contribution in [3.63, 3.8) is 0 Å². The van der Waals surface area contributed by atoms with Crippen molar-refractivity contribution in [1.29, 1.82) is 0 Å². The summed E-state index contributed by atoms with van der Waals surface area (Å²) in [5.41, 5.74) is 16.2. The van der Waals surface area contributed by atoms with Gasteiger partial charge in [0.05, 0.1) is 12.6 Å². The van der Waals surface area contributed by atoms with Crippen molar-refractivity contribution >= 4 is 47.4 Å². The van der Waals surface area contributed by atoms with Gasteiger partial charge in [0, 0.05) is 19.5 Å². The Morgan fingerprint density at radius 1 is 0.929 bits per heavy atom. The van der Waals surface area contributed by atoms with E-state index in [-0.39, 0.29) is 44.7 Å². The lowest BCUT2D eigenvalue weighted by atomic mass is 10.1. The van der Waals surface area contributed by atoms with Gasteiger partial charge in [-0.25, -0.2) is 0 Å². The van der Waals surface area contributed by atoms with Gasteiger partial charge in [-0.2, -0.15) is 0 Å². The number of amides is 5. The van der Waals surface area contributed by atoms with Crippen molar-refractivity contribution in [2.45, 2.75) is 82.6 Å². The lowest BCUT2D eigenvalue weighted by Crippen LogP contribution is -2.56. The van der Waals surface area contributed by atoms with Gasteiger partial charge >= 0.3 is 11.9 Å². The first-order chi connectivity index (χ1) is 19.6. The first kappa shape index (κ1) is 35.5.